The summed E-state index contributed by atoms with van der Waals surface area (Å²) in [5.41, 5.74) is 2.33. The third-order valence-corrected chi connectivity index (χ3v) is 5.52. The lowest BCUT2D eigenvalue weighted by Crippen LogP contribution is -2.29. The van der Waals surface area contributed by atoms with Crippen molar-refractivity contribution in [3.63, 3.8) is 0 Å². The van der Waals surface area contributed by atoms with Crippen molar-refractivity contribution in [2.45, 2.75) is 0 Å². The molecule has 0 saturated carbocycles. The molecule has 0 radical (unpaired) electrons. The Bertz CT molecular complexity index is 1450. The highest BCUT2D eigenvalue weighted by atomic mass is 35.5. The summed E-state index contributed by atoms with van der Waals surface area (Å²) in [7, 11) is 1.86. The predicted octanol–water partition coefficient (Wildman–Crippen LogP) is 4.49. The van der Waals surface area contributed by atoms with E-state index in [4.69, 9.17) is 31.1 Å². The molecule has 0 aliphatic heterocycles. The number of hydrogen-bond acceptors (Lipinski definition) is 6. The molecule has 0 aliphatic carbocycles. The fourth-order valence-electron chi connectivity index (χ4n) is 3.54. The van der Waals surface area contributed by atoms with E-state index in [-0.39, 0.29) is 5.28 Å². The molecule has 0 amide bonds. The van der Waals surface area contributed by atoms with E-state index in [1.54, 1.807) is 32.5 Å². The van der Waals surface area contributed by atoms with E-state index >= 15 is 0 Å². The van der Waals surface area contributed by atoms with Gasteiger partial charge in [0.15, 0.2) is 0 Å². The largest absolute Gasteiger partial charge is 0.497 e. The predicted molar refractivity (Wildman–Crippen MR) is 137 cm³/mol. The Morgan fingerprint density at radius 2 is 1.26 bits per heavy atom. The Labute approximate surface area is 202 Å². The van der Waals surface area contributed by atoms with Crippen molar-refractivity contribution in [3.05, 3.63) is 90.3 Å². The Morgan fingerprint density at radius 1 is 0.706 bits per heavy atom. The molecule has 2 N–H and O–H groups in total. The second-order valence-electron chi connectivity index (χ2n) is 7.48. The smallest absolute Gasteiger partial charge is 0.488 e. The summed E-state index contributed by atoms with van der Waals surface area (Å²) in [6.45, 7) is 0. The van der Waals surface area contributed by atoms with Crippen LogP contribution in [0.1, 0.15) is 0 Å². The minimum absolute atomic E-state index is 0.257. The van der Waals surface area contributed by atoms with Crippen LogP contribution >= 0.6 is 11.6 Å². The zero-order chi connectivity index (χ0) is 24.1. The van der Waals surface area contributed by atoms with Crippen LogP contribution in [0.15, 0.2) is 85.1 Å². The Hall–Kier alpha value is -3.65. The average Bonchev–Trinajstić information content (AvgIpc) is 2.87. The van der Waals surface area contributed by atoms with E-state index < -0.39 is 7.12 Å². The maximum absolute atomic E-state index is 9.01. The van der Waals surface area contributed by atoms with E-state index in [9.17, 15) is 0 Å². The highest BCUT2D eigenvalue weighted by Gasteiger charge is 2.10. The molecule has 6 nitrogen and oxygen atoms in total. The Balaban J connectivity index is 0.000000166. The standard InChI is InChI=1S/C15H11ClN2O.C11H11BO3/c1-19-13-5-4-10-8-12(3-2-11(10)9-13)14-6-7-17-15(16)18-14;1-15-11-5-3-8-6-10(12(13)14)4-2-9(8)7-11/h2-9H,1H3;2-7,13-14H,1H3. The molecule has 34 heavy (non-hydrogen) atoms. The van der Waals surface area contributed by atoms with Crippen LogP contribution in [0.2, 0.25) is 5.28 Å². The molecule has 0 aliphatic rings. The zero-order valence-corrected chi connectivity index (χ0v) is 19.4. The molecule has 170 valence electrons. The summed E-state index contributed by atoms with van der Waals surface area (Å²) >= 11 is 5.81. The number of methoxy groups -OCH3 is 2. The molecular formula is C26H22BClN2O4. The van der Waals surface area contributed by atoms with Gasteiger partial charge < -0.3 is 19.5 Å². The van der Waals surface area contributed by atoms with Crippen LogP contribution in [0.3, 0.4) is 0 Å². The fraction of sp³-hybridized carbons (Fsp3) is 0.0769. The van der Waals surface area contributed by atoms with Gasteiger partial charge in [-0.1, -0.05) is 42.5 Å². The lowest BCUT2D eigenvalue weighted by molar-refractivity contribution is 0.415. The van der Waals surface area contributed by atoms with Crippen molar-refractivity contribution in [1.29, 1.82) is 0 Å². The summed E-state index contributed by atoms with van der Waals surface area (Å²) in [5, 5.41) is 22.5. The molecule has 0 atom stereocenters. The van der Waals surface area contributed by atoms with Gasteiger partial charge in [0.25, 0.3) is 0 Å². The maximum atomic E-state index is 9.01. The fourth-order valence-corrected chi connectivity index (χ4v) is 3.68. The van der Waals surface area contributed by atoms with Gasteiger partial charge in [0.1, 0.15) is 11.5 Å². The van der Waals surface area contributed by atoms with Gasteiger partial charge in [-0.2, -0.15) is 0 Å². The number of ether oxygens (including phenoxy) is 2. The molecule has 5 aromatic rings. The molecular weight excluding hydrogens is 451 g/mol. The van der Waals surface area contributed by atoms with Crippen LogP contribution in [0.25, 0.3) is 32.8 Å². The number of aromatic nitrogens is 2. The number of benzene rings is 4. The number of fused-ring (bicyclic) bond motifs is 2. The van der Waals surface area contributed by atoms with Gasteiger partial charge in [-0.25, -0.2) is 9.97 Å². The summed E-state index contributed by atoms with van der Waals surface area (Å²) in [6, 6.07) is 24.9. The number of rotatable bonds is 4. The SMILES string of the molecule is COc1ccc2cc(-c3ccnc(Cl)n3)ccc2c1.COc1ccc2cc(B(O)O)ccc2c1. The van der Waals surface area contributed by atoms with E-state index in [2.05, 4.69) is 16.0 Å². The van der Waals surface area contributed by atoms with Crippen LogP contribution in [-0.2, 0) is 0 Å². The highest BCUT2D eigenvalue weighted by Crippen LogP contribution is 2.26. The van der Waals surface area contributed by atoms with Crippen molar-refractivity contribution in [2.24, 2.45) is 0 Å². The van der Waals surface area contributed by atoms with E-state index in [1.807, 2.05) is 60.7 Å². The Morgan fingerprint density at radius 3 is 1.85 bits per heavy atom. The summed E-state index contributed by atoms with van der Waals surface area (Å²) in [5.74, 6) is 1.64. The van der Waals surface area contributed by atoms with Gasteiger partial charge in [-0.3, -0.25) is 0 Å². The highest BCUT2D eigenvalue weighted by molar-refractivity contribution is 6.58. The van der Waals surface area contributed by atoms with Crippen LogP contribution in [0.5, 0.6) is 11.5 Å². The van der Waals surface area contributed by atoms with Gasteiger partial charge >= 0.3 is 7.12 Å². The monoisotopic (exact) mass is 472 g/mol. The summed E-state index contributed by atoms with van der Waals surface area (Å²) in [4.78, 5) is 8.10. The van der Waals surface area contributed by atoms with Crippen LogP contribution < -0.4 is 14.9 Å². The third kappa shape index (κ3) is 5.46. The van der Waals surface area contributed by atoms with Crippen LogP contribution in [-0.4, -0.2) is 41.4 Å². The van der Waals surface area contributed by atoms with Gasteiger partial charge in [0, 0.05) is 11.8 Å². The molecule has 0 spiro atoms. The minimum atomic E-state index is -1.42. The number of hydrogen-bond donors (Lipinski definition) is 2. The van der Waals surface area contributed by atoms with Crippen molar-refractivity contribution < 1.29 is 19.5 Å². The normalized spacial score (nSPS) is 10.5. The molecule has 0 fully saturated rings. The molecule has 1 aromatic heterocycles. The molecule has 8 heteroatoms. The first-order valence-corrected chi connectivity index (χ1v) is 10.8. The minimum Gasteiger partial charge on any atom is -0.497 e. The van der Waals surface area contributed by atoms with Crippen LogP contribution in [0.4, 0.5) is 0 Å². The van der Waals surface area contributed by atoms with Crippen molar-refractivity contribution in [2.75, 3.05) is 14.2 Å². The quantitative estimate of drug-likeness (QED) is 0.296. The number of halogens is 1. The average molecular weight is 473 g/mol. The number of nitrogens with zero attached hydrogens (tertiary/aromatic N) is 2. The van der Waals surface area contributed by atoms with Crippen molar-refractivity contribution in [3.8, 4) is 22.8 Å². The second-order valence-corrected chi connectivity index (χ2v) is 7.82. The van der Waals surface area contributed by atoms with Gasteiger partial charge in [0.2, 0.25) is 5.28 Å². The van der Waals surface area contributed by atoms with Crippen molar-refractivity contribution in [1.82, 2.24) is 9.97 Å². The Kier molecular flexibility index (Phi) is 7.28. The molecule has 1 heterocycles. The van der Waals surface area contributed by atoms with E-state index in [0.717, 1.165) is 44.3 Å². The summed E-state index contributed by atoms with van der Waals surface area (Å²) in [6.07, 6.45) is 1.66. The van der Waals surface area contributed by atoms with Crippen molar-refractivity contribution >= 4 is 45.7 Å². The first-order chi connectivity index (χ1) is 16.5. The first-order valence-electron chi connectivity index (χ1n) is 10.5. The first kappa shape index (κ1) is 23.5. The molecule has 0 bridgehead atoms. The molecule has 0 unspecified atom stereocenters. The lowest BCUT2D eigenvalue weighted by Gasteiger charge is -2.05. The van der Waals surface area contributed by atoms with Gasteiger partial charge in [-0.15, -0.1) is 0 Å². The molecule has 0 saturated heterocycles. The second kappa shape index (κ2) is 10.5. The zero-order valence-electron chi connectivity index (χ0n) is 18.6. The molecule has 5 rings (SSSR count). The van der Waals surface area contributed by atoms with Gasteiger partial charge in [0.05, 0.1) is 19.9 Å². The molecule has 4 aromatic carbocycles. The summed E-state index contributed by atoms with van der Waals surface area (Å²) < 4.78 is 10.3. The lowest BCUT2D eigenvalue weighted by atomic mass is 9.79. The van der Waals surface area contributed by atoms with E-state index in [0.29, 0.717) is 5.46 Å². The van der Waals surface area contributed by atoms with E-state index in [1.165, 1.54) is 0 Å². The third-order valence-electron chi connectivity index (χ3n) is 5.34. The maximum Gasteiger partial charge on any atom is 0.488 e. The topological polar surface area (TPSA) is 84.7 Å². The van der Waals surface area contributed by atoms with Crippen LogP contribution in [0, 0.1) is 0 Å². The van der Waals surface area contributed by atoms with Gasteiger partial charge in [-0.05, 0) is 75.0 Å².